The highest BCUT2D eigenvalue weighted by Gasteiger charge is 2.38. The van der Waals surface area contributed by atoms with Crippen molar-refractivity contribution in [1.29, 1.82) is 0 Å². The van der Waals surface area contributed by atoms with Gasteiger partial charge in [0.15, 0.2) is 0 Å². The Labute approximate surface area is 145 Å². The van der Waals surface area contributed by atoms with Gasteiger partial charge in [0.25, 0.3) is 0 Å². The fourth-order valence-corrected chi connectivity index (χ4v) is 3.88. The average Bonchev–Trinajstić information content (AvgIpc) is 2.94. The number of likely N-dealkylation sites (tertiary alicyclic amines) is 1. The molecule has 23 heavy (non-hydrogen) atoms. The molecule has 0 bridgehead atoms. The zero-order valence-corrected chi connectivity index (χ0v) is 14.8. The fraction of sp³-hybridized carbons (Fsp3) is 0.667. The third kappa shape index (κ3) is 4.75. The Morgan fingerprint density at radius 2 is 1.78 bits per heavy atom. The molecule has 5 heteroatoms. The van der Waals surface area contributed by atoms with E-state index < -0.39 is 0 Å². The van der Waals surface area contributed by atoms with Gasteiger partial charge >= 0.3 is 0 Å². The lowest BCUT2D eigenvalue weighted by molar-refractivity contribution is 0.229. The van der Waals surface area contributed by atoms with Crippen molar-refractivity contribution >= 4 is 12.4 Å². The highest BCUT2D eigenvalue weighted by Crippen LogP contribution is 2.35. The van der Waals surface area contributed by atoms with Crippen LogP contribution < -0.4 is 15.2 Å². The molecule has 1 aliphatic carbocycles. The molecule has 3 rings (SSSR count). The summed E-state index contributed by atoms with van der Waals surface area (Å²) in [5.74, 6) is 3.33. The molecule has 1 aromatic carbocycles. The van der Waals surface area contributed by atoms with Crippen molar-refractivity contribution in [3.8, 4) is 11.5 Å². The van der Waals surface area contributed by atoms with Gasteiger partial charge in [-0.1, -0.05) is 6.42 Å². The second-order valence-corrected chi connectivity index (χ2v) is 6.53. The Hall–Kier alpha value is -0.970. The van der Waals surface area contributed by atoms with Gasteiger partial charge in [0, 0.05) is 25.7 Å². The number of rotatable bonds is 6. The first kappa shape index (κ1) is 18.4. The monoisotopic (exact) mass is 340 g/mol. The van der Waals surface area contributed by atoms with E-state index in [1.807, 2.05) is 31.2 Å². The Morgan fingerprint density at radius 1 is 1.09 bits per heavy atom. The summed E-state index contributed by atoms with van der Waals surface area (Å²) in [6, 6.07) is 8.29. The zero-order chi connectivity index (χ0) is 15.4. The molecule has 0 spiro atoms. The highest BCUT2D eigenvalue weighted by molar-refractivity contribution is 5.85. The number of hydrogen-bond acceptors (Lipinski definition) is 4. The van der Waals surface area contributed by atoms with E-state index in [0.29, 0.717) is 18.6 Å². The summed E-state index contributed by atoms with van der Waals surface area (Å²) in [5, 5.41) is 0. The van der Waals surface area contributed by atoms with Crippen LogP contribution in [0.2, 0.25) is 0 Å². The Kier molecular flexibility index (Phi) is 7.00. The quantitative estimate of drug-likeness (QED) is 0.865. The van der Waals surface area contributed by atoms with Crippen molar-refractivity contribution in [1.82, 2.24) is 4.90 Å². The lowest BCUT2D eigenvalue weighted by Crippen LogP contribution is -2.38. The maximum atomic E-state index is 6.27. The van der Waals surface area contributed by atoms with Crippen molar-refractivity contribution in [3.63, 3.8) is 0 Å². The van der Waals surface area contributed by atoms with E-state index >= 15 is 0 Å². The molecule has 2 N–H and O–H groups in total. The van der Waals surface area contributed by atoms with Gasteiger partial charge in [0.2, 0.25) is 0 Å². The summed E-state index contributed by atoms with van der Waals surface area (Å²) in [7, 11) is 0. The summed E-state index contributed by atoms with van der Waals surface area (Å²) >= 11 is 0. The van der Waals surface area contributed by atoms with Crippen LogP contribution in [0.15, 0.2) is 24.3 Å². The molecular formula is C18H29ClN2O2. The molecule has 4 nitrogen and oxygen atoms in total. The van der Waals surface area contributed by atoms with E-state index in [1.165, 1.54) is 25.8 Å². The number of benzene rings is 1. The topological polar surface area (TPSA) is 47.7 Å². The SMILES string of the molecule is CCOc1ccc(OCCN2CC3CCCC(N)C3C2)cc1.Cl. The van der Waals surface area contributed by atoms with Crippen LogP contribution in [0.3, 0.4) is 0 Å². The first-order chi connectivity index (χ1) is 10.8. The predicted molar refractivity (Wildman–Crippen MR) is 95.6 cm³/mol. The van der Waals surface area contributed by atoms with E-state index in [9.17, 15) is 0 Å². The van der Waals surface area contributed by atoms with Gasteiger partial charge in [-0.05, 0) is 55.9 Å². The van der Waals surface area contributed by atoms with E-state index in [4.69, 9.17) is 15.2 Å². The maximum absolute atomic E-state index is 6.27. The van der Waals surface area contributed by atoms with Crippen LogP contribution in [-0.4, -0.2) is 43.8 Å². The van der Waals surface area contributed by atoms with Crippen LogP contribution in [0.25, 0.3) is 0 Å². The van der Waals surface area contributed by atoms with E-state index in [1.54, 1.807) is 0 Å². The number of nitrogens with two attached hydrogens (primary N) is 1. The minimum atomic E-state index is 0. The largest absolute Gasteiger partial charge is 0.494 e. The van der Waals surface area contributed by atoms with Crippen LogP contribution in [0.4, 0.5) is 0 Å². The minimum absolute atomic E-state index is 0. The molecule has 3 unspecified atom stereocenters. The standard InChI is InChI=1S/C18H28N2O2.ClH/c1-2-21-15-6-8-16(9-7-15)22-11-10-20-12-14-4-3-5-18(19)17(14)13-20;/h6-9,14,17-18H,2-5,10-13,19H2,1H3;1H. The van der Waals surface area contributed by atoms with Crippen molar-refractivity contribution in [3.05, 3.63) is 24.3 Å². The number of ether oxygens (including phenoxy) is 2. The molecule has 0 amide bonds. The summed E-state index contributed by atoms with van der Waals surface area (Å²) in [4.78, 5) is 2.52. The first-order valence-electron chi connectivity index (χ1n) is 8.60. The molecule has 3 atom stereocenters. The second-order valence-electron chi connectivity index (χ2n) is 6.53. The van der Waals surface area contributed by atoms with Gasteiger partial charge in [-0.3, -0.25) is 4.90 Å². The van der Waals surface area contributed by atoms with Gasteiger partial charge in [-0.25, -0.2) is 0 Å². The van der Waals surface area contributed by atoms with Gasteiger partial charge in [-0.2, -0.15) is 0 Å². The van der Waals surface area contributed by atoms with Crippen LogP contribution in [0.1, 0.15) is 26.2 Å². The van der Waals surface area contributed by atoms with Crippen LogP contribution in [0.5, 0.6) is 11.5 Å². The molecule has 0 radical (unpaired) electrons. The lowest BCUT2D eigenvalue weighted by atomic mass is 9.78. The Bertz CT molecular complexity index is 469. The Morgan fingerprint density at radius 3 is 2.43 bits per heavy atom. The third-order valence-corrected chi connectivity index (χ3v) is 5.04. The molecule has 2 aliphatic rings. The average molecular weight is 341 g/mol. The molecule has 2 fully saturated rings. The van der Waals surface area contributed by atoms with Gasteiger partial charge < -0.3 is 15.2 Å². The summed E-state index contributed by atoms with van der Waals surface area (Å²) in [6.45, 7) is 6.77. The lowest BCUT2D eigenvalue weighted by Gasteiger charge is -2.29. The second kappa shape index (κ2) is 8.76. The third-order valence-electron chi connectivity index (χ3n) is 5.04. The molecule has 1 aromatic rings. The van der Waals surface area contributed by atoms with Crippen molar-refractivity contribution in [2.45, 2.75) is 32.2 Å². The van der Waals surface area contributed by atoms with E-state index in [-0.39, 0.29) is 12.4 Å². The fourth-order valence-electron chi connectivity index (χ4n) is 3.88. The van der Waals surface area contributed by atoms with E-state index in [2.05, 4.69) is 4.90 Å². The Balaban J connectivity index is 0.00000192. The zero-order valence-electron chi connectivity index (χ0n) is 13.9. The van der Waals surface area contributed by atoms with Crippen molar-refractivity contribution in [2.75, 3.05) is 32.8 Å². The van der Waals surface area contributed by atoms with Crippen LogP contribution >= 0.6 is 12.4 Å². The smallest absolute Gasteiger partial charge is 0.119 e. The first-order valence-corrected chi connectivity index (χ1v) is 8.60. The van der Waals surface area contributed by atoms with Gasteiger partial charge in [0.05, 0.1) is 6.61 Å². The van der Waals surface area contributed by atoms with E-state index in [0.717, 1.165) is 37.1 Å². The molecule has 1 saturated heterocycles. The number of hydrogen-bond donors (Lipinski definition) is 1. The van der Waals surface area contributed by atoms with Gasteiger partial charge in [0.1, 0.15) is 18.1 Å². The molecule has 130 valence electrons. The molecular weight excluding hydrogens is 312 g/mol. The molecule has 1 heterocycles. The maximum Gasteiger partial charge on any atom is 0.119 e. The normalized spacial score (nSPS) is 27.1. The number of fused-ring (bicyclic) bond motifs is 1. The van der Waals surface area contributed by atoms with Crippen LogP contribution in [-0.2, 0) is 0 Å². The molecule has 0 aromatic heterocycles. The minimum Gasteiger partial charge on any atom is -0.494 e. The summed E-state index contributed by atoms with van der Waals surface area (Å²) in [6.07, 6.45) is 3.87. The summed E-state index contributed by atoms with van der Waals surface area (Å²) in [5.41, 5.74) is 6.27. The summed E-state index contributed by atoms with van der Waals surface area (Å²) < 4.78 is 11.3. The number of nitrogens with zero attached hydrogens (tertiary/aromatic N) is 1. The molecule has 1 aliphatic heterocycles. The predicted octanol–water partition coefficient (Wildman–Crippen LogP) is 2.95. The molecule has 1 saturated carbocycles. The number of halogens is 1. The van der Waals surface area contributed by atoms with Gasteiger partial charge in [-0.15, -0.1) is 12.4 Å². The van der Waals surface area contributed by atoms with Crippen molar-refractivity contribution in [2.24, 2.45) is 17.6 Å². The highest BCUT2D eigenvalue weighted by atomic mass is 35.5. The van der Waals surface area contributed by atoms with Crippen LogP contribution in [0, 0.1) is 11.8 Å². The van der Waals surface area contributed by atoms with Crippen molar-refractivity contribution < 1.29 is 9.47 Å².